The van der Waals surface area contributed by atoms with Crippen molar-refractivity contribution in [2.45, 2.75) is 44.7 Å². The van der Waals surface area contributed by atoms with E-state index < -0.39 is 0 Å². The van der Waals surface area contributed by atoms with Gasteiger partial charge < -0.3 is 14.4 Å². The van der Waals surface area contributed by atoms with Crippen molar-refractivity contribution in [1.29, 1.82) is 0 Å². The van der Waals surface area contributed by atoms with E-state index >= 15 is 0 Å². The molecule has 1 saturated carbocycles. The topological polar surface area (TPSA) is 38.8 Å². The number of nitrogens with zero attached hydrogens (tertiary/aromatic N) is 1. The Morgan fingerprint density at radius 2 is 1.78 bits per heavy atom. The molecule has 1 amide bonds. The van der Waals surface area contributed by atoms with Crippen LogP contribution in [0.25, 0.3) is 0 Å². The SMILES string of the molecule is O=C(c1ccc(Cl)cc1Cl)N(Cc1ccc2c(c1)OCO2)C1CCCCC1. The molecular formula is C21H21Cl2NO3. The van der Waals surface area contributed by atoms with Gasteiger partial charge >= 0.3 is 0 Å². The van der Waals surface area contributed by atoms with Crippen LogP contribution in [-0.2, 0) is 6.54 Å². The summed E-state index contributed by atoms with van der Waals surface area (Å²) in [4.78, 5) is 15.3. The molecule has 0 atom stereocenters. The summed E-state index contributed by atoms with van der Waals surface area (Å²) in [5.41, 5.74) is 1.51. The van der Waals surface area contributed by atoms with Crippen LogP contribution in [-0.4, -0.2) is 23.6 Å². The van der Waals surface area contributed by atoms with Crippen LogP contribution in [0.1, 0.15) is 48.0 Å². The minimum Gasteiger partial charge on any atom is -0.454 e. The number of fused-ring (bicyclic) bond motifs is 1. The molecule has 0 spiro atoms. The van der Waals surface area contributed by atoms with E-state index in [1.54, 1.807) is 18.2 Å². The second kappa shape index (κ2) is 7.99. The average molecular weight is 406 g/mol. The van der Waals surface area contributed by atoms with E-state index in [4.69, 9.17) is 32.7 Å². The van der Waals surface area contributed by atoms with Crippen LogP contribution in [0.5, 0.6) is 11.5 Å². The lowest BCUT2D eigenvalue weighted by molar-refractivity contribution is 0.0614. The van der Waals surface area contributed by atoms with Crippen molar-refractivity contribution < 1.29 is 14.3 Å². The van der Waals surface area contributed by atoms with Crippen LogP contribution in [0.4, 0.5) is 0 Å². The Morgan fingerprint density at radius 1 is 1.00 bits per heavy atom. The number of benzene rings is 2. The van der Waals surface area contributed by atoms with Gasteiger partial charge in [0.25, 0.3) is 5.91 Å². The number of amides is 1. The summed E-state index contributed by atoms with van der Waals surface area (Å²) in [5, 5.41) is 0.913. The highest BCUT2D eigenvalue weighted by Crippen LogP contribution is 2.34. The van der Waals surface area contributed by atoms with Gasteiger partial charge in [-0.3, -0.25) is 4.79 Å². The van der Waals surface area contributed by atoms with Crippen molar-refractivity contribution in [1.82, 2.24) is 4.90 Å². The lowest BCUT2D eigenvalue weighted by Crippen LogP contribution is -2.41. The van der Waals surface area contributed by atoms with E-state index in [2.05, 4.69) is 0 Å². The fourth-order valence-electron chi connectivity index (χ4n) is 3.81. The molecular weight excluding hydrogens is 385 g/mol. The van der Waals surface area contributed by atoms with Gasteiger partial charge in [0.2, 0.25) is 6.79 Å². The molecule has 1 aliphatic heterocycles. The van der Waals surface area contributed by atoms with Crippen LogP contribution in [0.15, 0.2) is 36.4 Å². The molecule has 0 unspecified atom stereocenters. The number of hydrogen-bond acceptors (Lipinski definition) is 3. The first-order valence-corrected chi connectivity index (χ1v) is 10.0. The van der Waals surface area contributed by atoms with Crippen molar-refractivity contribution in [3.8, 4) is 11.5 Å². The molecule has 1 aliphatic carbocycles. The van der Waals surface area contributed by atoms with Crippen LogP contribution in [0, 0.1) is 0 Å². The van der Waals surface area contributed by atoms with Gasteiger partial charge in [0, 0.05) is 17.6 Å². The Morgan fingerprint density at radius 3 is 2.56 bits per heavy atom. The maximum absolute atomic E-state index is 13.4. The Hall–Kier alpha value is -1.91. The first kappa shape index (κ1) is 18.5. The Kier molecular flexibility index (Phi) is 5.46. The van der Waals surface area contributed by atoms with Gasteiger partial charge in [-0.1, -0.05) is 48.5 Å². The lowest BCUT2D eigenvalue weighted by atomic mass is 9.93. The Labute approximate surface area is 169 Å². The second-order valence-electron chi connectivity index (χ2n) is 7.04. The fourth-order valence-corrected chi connectivity index (χ4v) is 4.30. The van der Waals surface area contributed by atoms with Crippen molar-refractivity contribution in [3.05, 3.63) is 57.6 Å². The molecule has 1 fully saturated rings. The number of ether oxygens (including phenoxy) is 2. The zero-order chi connectivity index (χ0) is 18.8. The van der Waals surface area contributed by atoms with E-state index in [-0.39, 0.29) is 18.7 Å². The van der Waals surface area contributed by atoms with Crippen LogP contribution < -0.4 is 9.47 Å². The maximum Gasteiger partial charge on any atom is 0.255 e. The van der Waals surface area contributed by atoms with E-state index in [9.17, 15) is 4.79 Å². The van der Waals surface area contributed by atoms with Crippen LogP contribution >= 0.6 is 23.2 Å². The fraction of sp³-hybridized carbons (Fsp3) is 0.381. The van der Waals surface area contributed by atoms with Crippen LogP contribution in [0.2, 0.25) is 10.0 Å². The molecule has 142 valence electrons. The summed E-state index contributed by atoms with van der Waals surface area (Å²) in [5.74, 6) is 1.42. The number of rotatable bonds is 4. The number of carbonyl (C=O) groups is 1. The predicted molar refractivity (Wildman–Crippen MR) is 106 cm³/mol. The quantitative estimate of drug-likeness (QED) is 0.654. The number of hydrogen-bond donors (Lipinski definition) is 0. The molecule has 0 N–H and O–H groups in total. The zero-order valence-electron chi connectivity index (χ0n) is 14.9. The molecule has 27 heavy (non-hydrogen) atoms. The number of halogens is 2. The summed E-state index contributed by atoms with van der Waals surface area (Å²) < 4.78 is 10.9. The minimum atomic E-state index is -0.0544. The first-order valence-electron chi connectivity index (χ1n) is 9.26. The van der Waals surface area contributed by atoms with Crippen molar-refractivity contribution in [2.24, 2.45) is 0 Å². The molecule has 2 aromatic rings. The van der Waals surface area contributed by atoms with Gasteiger partial charge in [-0.05, 0) is 48.7 Å². The molecule has 4 rings (SSSR count). The van der Waals surface area contributed by atoms with Gasteiger partial charge in [-0.25, -0.2) is 0 Å². The summed E-state index contributed by atoms with van der Waals surface area (Å²) in [7, 11) is 0. The molecule has 6 heteroatoms. The molecule has 0 saturated heterocycles. The zero-order valence-corrected chi connectivity index (χ0v) is 16.4. The molecule has 2 aromatic carbocycles. The third kappa shape index (κ3) is 4.02. The molecule has 2 aliphatic rings. The van der Waals surface area contributed by atoms with Gasteiger partial charge in [0.1, 0.15) is 0 Å². The van der Waals surface area contributed by atoms with Crippen LogP contribution in [0.3, 0.4) is 0 Å². The molecule has 0 bridgehead atoms. The van der Waals surface area contributed by atoms with E-state index in [0.717, 1.165) is 42.7 Å². The average Bonchev–Trinajstić information content (AvgIpc) is 3.14. The molecule has 1 heterocycles. The minimum absolute atomic E-state index is 0.0544. The monoisotopic (exact) mass is 405 g/mol. The summed E-state index contributed by atoms with van der Waals surface area (Å²) >= 11 is 12.3. The molecule has 0 aromatic heterocycles. The molecule has 4 nitrogen and oxygen atoms in total. The van der Waals surface area contributed by atoms with Gasteiger partial charge in [-0.15, -0.1) is 0 Å². The van der Waals surface area contributed by atoms with E-state index in [0.29, 0.717) is 22.2 Å². The maximum atomic E-state index is 13.4. The summed E-state index contributed by atoms with van der Waals surface area (Å²) in [6.07, 6.45) is 5.54. The van der Waals surface area contributed by atoms with Crippen molar-refractivity contribution >= 4 is 29.1 Å². The first-order chi connectivity index (χ1) is 13.1. The standard InChI is InChI=1S/C21H21Cl2NO3/c22-15-7-8-17(18(23)11-15)21(25)24(16-4-2-1-3-5-16)12-14-6-9-19-20(10-14)27-13-26-19/h6-11,16H,1-5,12-13H2. The van der Waals surface area contributed by atoms with Crippen molar-refractivity contribution in [3.63, 3.8) is 0 Å². The third-order valence-corrected chi connectivity index (χ3v) is 5.78. The highest BCUT2D eigenvalue weighted by molar-refractivity contribution is 6.36. The molecule has 0 radical (unpaired) electrons. The Balaban J connectivity index is 1.63. The van der Waals surface area contributed by atoms with Gasteiger partial charge in [0.05, 0.1) is 10.6 Å². The summed E-state index contributed by atoms with van der Waals surface area (Å²) in [6.45, 7) is 0.754. The Bertz CT molecular complexity index is 849. The van der Waals surface area contributed by atoms with E-state index in [1.807, 2.05) is 23.1 Å². The van der Waals surface area contributed by atoms with E-state index in [1.165, 1.54) is 6.42 Å². The van der Waals surface area contributed by atoms with Crippen molar-refractivity contribution in [2.75, 3.05) is 6.79 Å². The predicted octanol–water partition coefficient (Wildman–Crippen LogP) is 5.70. The van der Waals surface area contributed by atoms with Gasteiger partial charge in [0.15, 0.2) is 11.5 Å². The highest BCUT2D eigenvalue weighted by Gasteiger charge is 2.28. The largest absolute Gasteiger partial charge is 0.454 e. The normalized spacial score (nSPS) is 16.4. The summed E-state index contributed by atoms with van der Waals surface area (Å²) in [6, 6.07) is 11.1. The van der Waals surface area contributed by atoms with Gasteiger partial charge in [-0.2, -0.15) is 0 Å². The lowest BCUT2D eigenvalue weighted by Gasteiger charge is -2.35. The number of carbonyl (C=O) groups excluding carboxylic acids is 1. The second-order valence-corrected chi connectivity index (χ2v) is 7.88. The third-order valence-electron chi connectivity index (χ3n) is 5.23. The smallest absolute Gasteiger partial charge is 0.255 e. The highest BCUT2D eigenvalue weighted by atomic mass is 35.5.